The molecular weight excluding hydrogens is 256 g/mol. The topological polar surface area (TPSA) is 42.7 Å². The van der Waals surface area contributed by atoms with Crippen molar-refractivity contribution in [1.29, 1.82) is 0 Å². The maximum absolute atomic E-state index is 4.71. The van der Waals surface area contributed by atoms with Crippen LogP contribution in [0.15, 0.2) is 12.5 Å². The lowest BCUT2D eigenvalue weighted by atomic mass is 10.2. The van der Waals surface area contributed by atoms with Crippen molar-refractivity contribution < 1.29 is 0 Å². The number of rotatable bonds is 6. The van der Waals surface area contributed by atoms with E-state index in [0.29, 0.717) is 0 Å². The van der Waals surface area contributed by atoms with Crippen LogP contribution in [-0.2, 0) is 6.54 Å². The third-order valence-electron chi connectivity index (χ3n) is 3.27. The van der Waals surface area contributed by atoms with Gasteiger partial charge in [-0.05, 0) is 33.7 Å². The molecule has 1 atom stereocenters. The first kappa shape index (κ1) is 14.2. The monoisotopic (exact) mass is 278 g/mol. The Bertz CT molecular complexity index is 510. The van der Waals surface area contributed by atoms with Gasteiger partial charge in [0.1, 0.15) is 11.0 Å². The number of aromatic nitrogens is 3. The molecular formula is C14H22N4S. The molecule has 0 saturated heterocycles. The Morgan fingerprint density at radius 2 is 2.16 bits per heavy atom. The van der Waals surface area contributed by atoms with Crippen molar-refractivity contribution in [3.63, 3.8) is 0 Å². The van der Waals surface area contributed by atoms with E-state index in [1.165, 1.54) is 10.6 Å². The molecule has 104 valence electrons. The lowest BCUT2D eigenvalue weighted by Gasteiger charge is -2.17. The lowest BCUT2D eigenvalue weighted by Crippen LogP contribution is -2.25. The Morgan fingerprint density at radius 1 is 1.37 bits per heavy atom. The summed E-state index contributed by atoms with van der Waals surface area (Å²) in [5.74, 6) is 0. The molecule has 4 nitrogen and oxygen atoms in total. The maximum atomic E-state index is 4.71. The van der Waals surface area contributed by atoms with Gasteiger partial charge in [0, 0.05) is 11.4 Å². The zero-order valence-corrected chi connectivity index (χ0v) is 12.9. The quantitative estimate of drug-likeness (QED) is 0.883. The molecule has 2 aromatic rings. The molecule has 0 aliphatic carbocycles. The Labute approximate surface area is 118 Å². The first-order chi connectivity index (χ1) is 9.17. The lowest BCUT2D eigenvalue weighted by molar-refractivity contribution is 0.553. The van der Waals surface area contributed by atoms with Crippen LogP contribution in [0.2, 0.25) is 0 Å². The third kappa shape index (κ3) is 3.04. The van der Waals surface area contributed by atoms with E-state index < -0.39 is 0 Å². The van der Waals surface area contributed by atoms with Crippen LogP contribution in [-0.4, -0.2) is 21.1 Å². The van der Waals surface area contributed by atoms with E-state index in [1.807, 2.05) is 12.5 Å². The third-order valence-corrected chi connectivity index (χ3v) is 4.41. The minimum Gasteiger partial charge on any atom is -0.333 e. The highest BCUT2D eigenvalue weighted by atomic mass is 32.1. The molecule has 2 rings (SSSR count). The van der Waals surface area contributed by atoms with Crippen molar-refractivity contribution in [2.75, 3.05) is 6.54 Å². The summed E-state index contributed by atoms with van der Waals surface area (Å²) in [4.78, 5) is 10.3. The smallest absolute Gasteiger partial charge is 0.116 e. The van der Waals surface area contributed by atoms with Crippen LogP contribution in [0.25, 0.3) is 0 Å². The molecule has 2 aromatic heterocycles. The van der Waals surface area contributed by atoms with Gasteiger partial charge in [-0.2, -0.15) is 0 Å². The molecule has 0 spiro atoms. The minimum atomic E-state index is 0.153. The highest BCUT2D eigenvalue weighted by Gasteiger charge is 2.21. The number of imidazole rings is 1. The van der Waals surface area contributed by atoms with Gasteiger partial charge in [-0.3, -0.25) is 0 Å². The summed E-state index contributed by atoms with van der Waals surface area (Å²) in [6.07, 6.45) is 4.95. The van der Waals surface area contributed by atoms with Crippen molar-refractivity contribution in [2.45, 2.75) is 46.7 Å². The van der Waals surface area contributed by atoms with E-state index in [9.17, 15) is 0 Å². The van der Waals surface area contributed by atoms with E-state index in [0.717, 1.165) is 30.2 Å². The number of hydrogen-bond acceptors (Lipinski definition) is 4. The largest absolute Gasteiger partial charge is 0.333 e. The molecule has 0 aliphatic heterocycles. The molecule has 0 aliphatic rings. The highest BCUT2D eigenvalue weighted by molar-refractivity contribution is 7.11. The highest BCUT2D eigenvalue weighted by Crippen LogP contribution is 2.27. The van der Waals surface area contributed by atoms with Crippen molar-refractivity contribution in [1.82, 2.24) is 19.9 Å². The predicted octanol–water partition coefficient (Wildman–Crippen LogP) is 3.07. The molecule has 2 heterocycles. The summed E-state index contributed by atoms with van der Waals surface area (Å²) in [6.45, 7) is 10.4. The van der Waals surface area contributed by atoms with E-state index >= 15 is 0 Å². The fraction of sp³-hybridized carbons (Fsp3) is 0.571. The summed E-state index contributed by atoms with van der Waals surface area (Å²) >= 11 is 1.78. The van der Waals surface area contributed by atoms with Gasteiger partial charge in [-0.1, -0.05) is 6.92 Å². The van der Waals surface area contributed by atoms with Crippen molar-refractivity contribution in [3.05, 3.63) is 33.8 Å². The van der Waals surface area contributed by atoms with Gasteiger partial charge in [0.05, 0.1) is 23.9 Å². The van der Waals surface area contributed by atoms with Crippen LogP contribution in [0.3, 0.4) is 0 Å². The van der Waals surface area contributed by atoms with Crippen LogP contribution in [0.1, 0.15) is 47.6 Å². The average molecular weight is 278 g/mol. The summed E-state index contributed by atoms with van der Waals surface area (Å²) in [5, 5.41) is 4.73. The predicted molar refractivity (Wildman–Crippen MR) is 79.6 cm³/mol. The van der Waals surface area contributed by atoms with Crippen LogP contribution in [0.5, 0.6) is 0 Å². The number of thiazole rings is 1. The Balaban J connectivity index is 2.35. The van der Waals surface area contributed by atoms with Crippen LogP contribution < -0.4 is 5.32 Å². The SMILES string of the molecule is CCCNC(c1nc(C)c(C)s1)c1cncn1CC. The van der Waals surface area contributed by atoms with Gasteiger partial charge < -0.3 is 9.88 Å². The van der Waals surface area contributed by atoms with E-state index in [-0.39, 0.29) is 6.04 Å². The van der Waals surface area contributed by atoms with Crippen LogP contribution in [0.4, 0.5) is 0 Å². The van der Waals surface area contributed by atoms with Gasteiger partial charge in [-0.15, -0.1) is 11.3 Å². The van der Waals surface area contributed by atoms with Crippen molar-refractivity contribution >= 4 is 11.3 Å². The fourth-order valence-electron chi connectivity index (χ4n) is 2.06. The second-order valence-electron chi connectivity index (χ2n) is 4.69. The Kier molecular flexibility index (Phi) is 4.71. The van der Waals surface area contributed by atoms with Crippen LogP contribution >= 0.6 is 11.3 Å². The van der Waals surface area contributed by atoms with Gasteiger partial charge in [0.2, 0.25) is 0 Å². The Hall–Kier alpha value is -1.20. The molecule has 0 fully saturated rings. The number of nitrogens with one attached hydrogen (secondary N) is 1. The number of hydrogen-bond donors (Lipinski definition) is 1. The van der Waals surface area contributed by atoms with E-state index in [4.69, 9.17) is 4.98 Å². The minimum absolute atomic E-state index is 0.153. The molecule has 0 amide bonds. The molecule has 19 heavy (non-hydrogen) atoms. The molecule has 0 bridgehead atoms. The zero-order chi connectivity index (χ0) is 13.8. The van der Waals surface area contributed by atoms with Crippen molar-refractivity contribution in [2.24, 2.45) is 0 Å². The summed E-state index contributed by atoms with van der Waals surface area (Å²) < 4.78 is 2.18. The maximum Gasteiger partial charge on any atom is 0.116 e. The van der Waals surface area contributed by atoms with Gasteiger partial charge in [0.15, 0.2) is 0 Å². The second-order valence-corrected chi connectivity index (χ2v) is 5.92. The Morgan fingerprint density at radius 3 is 2.74 bits per heavy atom. The molecule has 5 heteroatoms. The van der Waals surface area contributed by atoms with Gasteiger partial charge in [-0.25, -0.2) is 9.97 Å². The fourth-order valence-corrected chi connectivity index (χ4v) is 3.08. The number of aryl methyl sites for hydroxylation is 3. The molecule has 0 aromatic carbocycles. The standard InChI is InChI=1S/C14H22N4S/c1-5-7-16-13(12-8-15-9-18(12)6-2)14-17-10(3)11(4)19-14/h8-9,13,16H,5-7H2,1-4H3. The summed E-state index contributed by atoms with van der Waals surface area (Å²) in [7, 11) is 0. The molecule has 0 radical (unpaired) electrons. The van der Waals surface area contributed by atoms with Crippen molar-refractivity contribution in [3.8, 4) is 0 Å². The second kappa shape index (κ2) is 6.30. The first-order valence-corrected chi connectivity index (χ1v) is 7.66. The van der Waals surface area contributed by atoms with Gasteiger partial charge >= 0.3 is 0 Å². The number of nitrogens with zero attached hydrogens (tertiary/aromatic N) is 3. The summed E-state index contributed by atoms with van der Waals surface area (Å²) in [5.41, 5.74) is 2.33. The first-order valence-electron chi connectivity index (χ1n) is 6.84. The normalized spacial score (nSPS) is 12.8. The van der Waals surface area contributed by atoms with Gasteiger partial charge in [0.25, 0.3) is 0 Å². The summed E-state index contributed by atoms with van der Waals surface area (Å²) in [6, 6.07) is 0.153. The average Bonchev–Trinajstić information content (AvgIpc) is 2.98. The molecule has 1 unspecified atom stereocenters. The molecule has 1 N–H and O–H groups in total. The zero-order valence-electron chi connectivity index (χ0n) is 12.1. The van der Waals surface area contributed by atoms with Crippen LogP contribution in [0, 0.1) is 13.8 Å². The van der Waals surface area contributed by atoms with E-state index in [2.05, 4.69) is 42.6 Å². The van der Waals surface area contributed by atoms with E-state index in [1.54, 1.807) is 11.3 Å². The molecule has 0 saturated carbocycles.